The van der Waals surface area contributed by atoms with Gasteiger partial charge >= 0.3 is 0 Å². The van der Waals surface area contributed by atoms with E-state index in [1.165, 1.54) is 0 Å². The number of H-pyrrole nitrogens is 1. The Balaban J connectivity index is 2.01. The Morgan fingerprint density at radius 2 is 1.95 bits per heavy atom. The van der Waals surface area contributed by atoms with Crippen molar-refractivity contribution in [2.75, 3.05) is 5.32 Å². The van der Waals surface area contributed by atoms with Crippen LogP contribution in [0.1, 0.15) is 22.4 Å². The topological polar surface area (TPSA) is 56.9 Å². The maximum Gasteiger partial charge on any atom is 0.253 e. The summed E-state index contributed by atoms with van der Waals surface area (Å²) >= 11 is 11.3. The van der Waals surface area contributed by atoms with Crippen LogP contribution in [-0.2, 0) is 6.54 Å². The Morgan fingerprint density at radius 1 is 1.23 bits per heavy atom. The summed E-state index contributed by atoms with van der Waals surface area (Å²) in [6.07, 6.45) is 0. The predicted octanol–water partition coefficient (Wildman–Crippen LogP) is 3.44. The van der Waals surface area contributed by atoms with Crippen LogP contribution in [0, 0.1) is 20.8 Å². The van der Waals surface area contributed by atoms with Crippen molar-refractivity contribution in [2.24, 2.45) is 0 Å². The summed E-state index contributed by atoms with van der Waals surface area (Å²) < 4.78 is 0. The first-order valence-electron chi connectivity index (χ1n) is 6.87. The number of hydrogen-bond donors (Lipinski definition) is 3. The molecule has 116 valence electrons. The smallest absolute Gasteiger partial charge is 0.253 e. The van der Waals surface area contributed by atoms with Crippen LogP contribution in [0.2, 0.25) is 5.02 Å². The molecule has 3 N–H and O–H groups in total. The second-order valence-electron chi connectivity index (χ2n) is 5.21. The summed E-state index contributed by atoms with van der Waals surface area (Å²) in [5.74, 6) is 0. The zero-order chi connectivity index (χ0) is 16.3. The molecule has 1 heterocycles. The number of aromatic amines is 1. The summed E-state index contributed by atoms with van der Waals surface area (Å²) in [4.78, 5) is 14.7. The van der Waals surface area contributed by atoms with E-state index in [-0.39, 0.29) is 5.56 Å². The van der Waals surface area contributed by atoms with Gasteiger partial charge in [0, 0.05) is 28.5 Å². The Kier molecular flexibility index (Phi) is 5.21. The minimum Gasteiger partial charge on any atom is -0.358 e. The van der Waals surface area contributed by atoms with Gasteiger partial charge < -0.3 is 15.6 Å². The van der Waals surface area contributed by atoms with Crippen molar-refractivity contribution in [2.45, 2.75) is 27.3 Å². The number of rotatable bonds is 3. The van der Waals surface area contributed by atoms with Gasteiger partial charge in [-0.2, -0.15) is 0 Å². The number of nitrogens with one attached hydrogen (secondary N) is 3. The fraction of sp³-hybridized carbons (Fsp3) is 0.250. The minimum atomic E-state index is -0.0915. The van der Waals surface area contributed by atoms with E-state index in [1.807, 2.05) is 45.0 Å². The van der Waals surface area contributed by atoms with Gasteiger partial charge in [0.2, 0.25) is 0 Å². The first kappa shape index (κ1) is 16.5. The van der Waals surface area contributed by atoms with Gasteiger partial charge in [-0.25, -0.2) is 0 Å². The van der Waals surface area contributed by atoms with Gasteiger partial charge in [-0.3, -0.25) is 4.79 Å². The molecule has 2 rings (SSSR count). The molecule has 0 saturated heterocycles. The summed E-state index contributed by atoms with van der Waals surface area (Å²) in [5, 5.41) is 7.22. The lowest BCUT2D eigenvalue weighted by Gasteiger charge is -2.12. The number of halogens is 1. The summed E-state index contributed by atoms with van der Waals surface area (Å²) in [5.41, 5.74) is 4.19. The third kappa shape index (κ3) is 4.08. The van der Waals surface area contributed by atoms with Crippen LogP contribution in [0.5, 0.6) is 0 Å². The highest BCUT2D eigenvalue weighted by Gasteiger charge is 2.06. The highest BCUT2D eigenvalue weighted by Crippen LogP contribution is 2.19. The molecule has 0 amide bonds. The van der Waals surface area contributed by atoms with Crippen molar-refractivity contribution in [3.8, 4) is 0 Å². The van der Waals surface area contributed by atoms with Crippen LogP contribution >= 0.6 is 23.8 Å². The van der Waals surface area contributed by atoms with Gasteiger partial charge in [0.05, 0.1) is 0 Å². The fourth-order valence-corrected chi connectivity index (χ4v) is 2.49. The first-order chi connectivity index (χ1) is 10.4. The Bertz CT molecular complexity index is 770. The van der Waals surface area contributed by atoms with Gasteiger partial charge in [0.1, 0.15) is 0 Å². The van der Waals surface area contributed by atoms with E-state index in [1.54, 1.807) is 0 Å². The maximum absolute atomic E-state index is 11.9. The van der Waals surface area contributed by atoms with E-state index in [0.717, 1.165) is 22.5 Å². The minimum absolute atomic E-state index is 0.0915. The molecule has 0 unspecified atom stereocenters. The monoisotopic (exact) mass is 335 g/mol. The molecule has 0 aliphatic rings. The Labute approximate surface area is 139 Å². The molecule has 0 aliphatic carbocycles. The number of aryl methyl sites for hydroxylation is 3. The highest BCUT2D eigenvalue weighted by atomic mass is 35.5. The van der Waals surface area contributed by atoms with Gasteiger partial charge in [0.25, 0.3) is 5.56 Å². The zero-order valence-electron chi connectivity index (χ0n) is 12.7. The molecule has 22 heavy (non-hydrogen) atoms. The normalized spacial score (nSPS) is 10.4. The summed E-state index contributed by atoms with van der Waals surface area (Å²) in [7, 11) is 0. The largest absolute Gasteiger partial charge is 0.358 e. The van der Waals surface area contributed by atoms with E-state index in [4.69, 9.17) is 23.8 Å². The van der Waals surface area contributed by atoms with E-state index >= 15 is 0 Å². The highest BCUT2D eigenvalue weighted by molar-refractivity contribution is 7.80. The van der Waals surface area contributed by atoms with Crippen LogP contribution in [0.4, 0.5) is 5.69 Å². The van der Waals surface area contributed by atoms with Crippen molar-refractivity contribution < 1.29 is 0 Å². The van der Waals surface area contributed by atoms with Gasteiger partial charge in [-0.15, -0.1) is 0 Å². The van der Waals surface area contributed by atoms with Crippen molar-refractivity contribution in [1.82, 2.24) is 10.3 Å². The number of anilines is 1. The van der Waals surface area contributed by atoms with E-state index in [9.17, 15) is 4.79 Å². The van der Waals surface area contributed by atoms with E-state index < -0.39 is 0 Å². The molecule has 0 spiro atoms. The SMILES string of the molecule is Cc1cc(C)c(CNC(=S)Nc2ccc(C)c(Cl)c2)c(=O)[nH]1. The van der Waals surface area contributed by atoms with Crippen molar-refractivity contribution in [1.29, 1.82) is 0 Å². The molecular formula is C16H18ClN3OS. The molecule has 1 aromatic carbocycles. The van der Waals surface area contributed by atoms with E-state index in [0.29, 0.717) is 22.2 Å². The second-order valence-corrected chi connectivity index (χ2v) is 6.03. The Hall–Kier alpha value is -1.85. The fourth-order valence-electron chi connectivity index (χ4n) is 2.12. The standard InChI is InChI=1S/C16H18ClN3OS/c1-9-4-5-12(7-14(9)17)20-16(22)18-8-13-10(2)6-11(3)19-15(13)21/h4-7H,8H2,1-3H3,(H,19,21)(H2,18,20,22). The molecule has 0 radical (unpaired) electrons. The first-order valence-corrected chi connectivity index (χ1v) is 7.66. The molecule has 0 fully saturated rings. The van der Waals surface area contributed by atoms with Crippen molar-refractivity contribution in [3.63, 3.8) is 0 Å². The van der Waals surface area contributed by atoms with Crippen LogP contribution in [-0.4, -0.2) is 10.1 Å². The quantitative estimate of drug-likeness (QED) is 0.752. The predicted molar refractivity (Wildman–Crippen MR) is 95.8 cm³/mol. The summed E-state index contributed by atoms with van der Waals surface area (Å²) in [6, 6.07) is 7.57. The van der Waals surface area contributed by atoms with Crippen molar-refractivity contribution in [3.05, 3.63) is 62.0 Å². The van der Waals surface area contributed by atoms with Crippen LogP contribution in [0.3, 0.4) is 0 Å². The number of benzene rings is 1. The zero-order valence-corrected chi connectivity index (χ0v) is 14.3. The lowest BCUT2D eigenvalue weighted by Crippen LogP contribution is -2.31. The third-order valence-corrected chi connectivity index (χ3v) is 4.00. The third-order valence-electron chi connectivity index (χ3n) is 3.35. The van der Waals surface area contributed by atoms with Crippen LogP contribution in [0.15, 0.2) is 29.1 Å². The molecule has 4 nitrogen and oxygen atoms in total. The van der Waals surface area contributed by atoms with Gasteiger partial charge in [-0.05, 0) is 62.3 Å². The number of hydrogen-bond acceptors (Lipinski definition) is 2. The molecular weight excluding hydrogens is 318 g/mol. The maximum atomic E-state index is 11.9. The Morgan fingerprint density at radius 3 is 2.59 bits per heavy atom. The molecule has 0 atom stereocenters. The molecule has 1 aromatic heterocycles. The molecule has 6 heteroatoms. The molecule has 0 saturated carbocycles. The van der Waals surface area contributed by atoms with E-state index in [2.05, 4.69) is 15.6 Å². The molecule has 0 aliphatic heterocycles. The number of aromatic nitrogens is 1. The lowest BCUT2D eigenvalue weighted by atomic mass is 10.1. The van der Waals surface area contributed by atoms with Crippen LogP contribution in [0.25, 0.3) is 0 Å². The number of thiocarbonyl (C=S) groups is 1. The van der Waals surface area contributed by atoms with Crippen molar-refractivity contribution >= 4 is 34.6 Å². The van der Waals surface area contributed by atoms with Gasteiger partial charge in [-0.1, -0.05) is 17.7 Å². The summed E-state index contributed by atoms with van der Waals surface area (Å²) in [6.45, 7) is 6.08. The second kappa shape index (κ2) is 6.94. The molecule has 0 bridgehead atoms. The average Bonchev–Trinajstić information content (AvgIpc) is 2.41. The number of pyridine rings is 1. The average molecular weight is 336 g/mol. The van der Waals surface area contributed by atoms with Gasteiger partial charge in [0.15, 0.2) is 5.11 Å². The lowest BCUT2D eigenvalue weighted by molar-refractivity contribution is 0.884. The van der Waals surface area contributed by atoms with Crippen LogP contribution < -0.4 is 16.2 Å². The molecule has 2 aromatic rings.